The molecule has 4 N–H and O–H groups in total. The molecule has 0 atom stereocenters. The molecule has 5 aromatic rings. The molecule has 0 saturated heterocycles. The van der Waals surface area contributed by atoms with Crippen LogP contribution in [0.25, 0.3) is 11.0 Å². The van der Waals surface area contributed by atoms with Crippen molar-refractivity contribution in [3.05, 3.63) is 90.1 Å². The highest BCUT2D eigenvalue weighted by molar-refractivity contribution is 7.89. The van der Waals surface area contributed by atoms with E-state index in [0.29, 0.717) is 23.0 Å². The van der Waals surface area contributed by atoms with Gasteiger partial charge in [0.25, 0.3) is 0 Å². The molecule has 0 amide bonds. The quantitative estimate of drug-likeness (QED) is 0.248. The lowest BCUT2D eigenvalue weighted by Gasteiger charge is -2.19. The van der Waals surface area contributed by atoms with Crippen LogP contribution in [0.3, 0.4) is 0 Å². The molecular weight excluding hydrogens is 512 g/mol. The summed E-state index contributed by atoms with van der Waals surface area (Å²) < 4.78 is 25.8. The van der Waals surface area contributed by atoms with Gasteiger partial charge in [0.05, 0.1) is 15.9 Å². The fraction of sp³-hybridized carbons (Fsp3) is 0.179. The Hall–Kier alpha value is -4.48. The van der Waals surface area contributed by atoms with Gasteiger partial charge in [-0.05, 0) is 60.9 Å². The number of nitrogens with zero attached hydrogens (tertiary/aromatic N) is 5. The van der Waals surface area contributed by atoms with Crippen molar-refractivity contribution in [2.75, 3.05) is 29.1 Å². The second-order valence-electron chi connectivity index (χ2n) is 9.28. The summed E-state index contributed by atoms with van der Waals surface area (Å²) >= 11 is 0. The first-order chi connectivity index (χ1) is 18.7. The predicted octanol–water partition coefficient (Wildman–Crippen LogP) is 4.49. The molecule has 0 spiro atoms. The number of hydrogen-bond acceptors (Lipinski definition) is 8. The Morgan fingerprint density at radius 3 is 2.56 bits per heavy atom. The van der Waals surface area contributed by atoms with E-state index in [4.69, 9.17) is 10.1 Å². The van der Waals surface area contributed by atoms with E-state index in [1.54, 1.807) is 31.3 Å². The maximum atomic E-state index is 11.9. The average molecular weight is 543 g/mol. The highest BCUT2D eigenvalue weighted by Crippen LogP contribution is 2.28. The molecule has 5 rings (SSSR count). The number of benzene rings is 3. The van der Waals surface area contributed by atoms with Crippen LogP contribution >= 0.6 is 0 Å². The third kappa shape index (κ3) is 5.84. The lowest BCUT2D eigenvalue weighted by molar-refractivity contribution is 0.597. The Labute approximate surface area is 227 Å². The first-order valence-electron chi connectivity index (χ1n) is 12.4. The molecule has 0 aliphatic rings. The van der Waals surface area contributed by atoms with Crippen LogP contribution in [0, 0.1) is 6.92 Å². The lowest BCUT2D eigenvalue weighted by Crippen LogP contribution is -2.14. The average Bonchev–Trinajstić information content (AvgIpc) is 3.24. The van der Waals surface area contributed by atoms with E-state index < -0.39 is 10.0 Å². The van der Waals surface area contributed by atoms with E-state index >= 15 is 0 Å². The Bertz CT molecular complexity index is 1740. The summed E-state index contributed by atoms with van der Waals surface area (Å²) in [4.78, 5) is 15.7. The van der Waals surface area contributed by atoms with Gasteiger partial charge in [-0.2, -0.15) is 4.98 Å². The zero-order valence-corrected chi connectivity index (χ0v) is 22.8. The Balaban J connectivity index is 1.33. The summed E-state index contributed by atoms with van der Waals surface area (Å²) in [5.41, 5.74) is 5.16. The van der Waals surface area contributed by atoms with Crippen LogP contribution in [0.5, 0.6) is 0 Å². The summed E-state index contributed by atoms with van der Waals surface area (Å²) in [6.45, 7) is 2.47. The van der Waals surface area contributed by atoms with Gasteiger partial charge in [0.1, 0.15) is 5.82 Å². The van der Waals surface area contributed by atoms with Gasteiger partial charge >= 0.3 is 0 Å². The molecule has 0 aliphatic carbocycles. The lowest BCUT2D eigenvalue weighted by atomic mass is 10.1. The first kappa shape index (κ1) is 26.1. The molecular formula is C28H30N8O2S. The standard InChI is InChI=1S/C28H30N8O2S/c1-19-9-10-21(17-25(19)39(29,37)38)32-27-30-16-14-26(34-27)35(2)22-11-12-24-23(18-22)33-28(36(24)3)31-15-13-20-7-5-4-6-8-20/h4-12,14,16-18H,13,15H2,1-3H3,(H,31,33)(H2,29,37,38)(H,30,32,34). The van der Waals surface area contributed by atoms with Crippen molar-refractivity contribution in [3.63, 3.8) is 0 Å². The Morgan fingerprint density at radius 2 is 1.79 bits per heavy atom. The van der Waals surface area contributed by atoms with Gasteiger partial charge in [-0.25, -0.2) is 23.5 Å². The van der Waals surface area contributed by atoms with E-state index in [9.17, 15) is 8.42 Å². The number of primary sulfonamides is 1. The van der Waals surface area contributed by atoms with Crippen molar-refractivity contribution in [2.24, 2.45) is 12.2 Å². The third-order valence-corrected chi connectivity index (χ3v) is 7.58. The number of nitrogens with one attached hydrogen (secondary N) is 2. The molecule has 39 heavy (non-hydrogen) atoms. The van der Waals surface area contributed by atoms with Crippen molar-refractivity contribution >= 4 is 50.1 Å². The van der Waals surface area contributed by atoms with E-state index in [1.165, 1.54) is 11.6 Å². The minimum atomic E-state index is -3.84. The predicted molar refractivity (Wildman–Crippen MR) is 155 cm³/mol. The molecule has 11 heteroatoms. The van der Waals surface area contributed by atoms with Crippen LogP contribution in [-0.2, 0) is 23.5 Å². The van der Waals surface area contributed by atoms with E-state index in [2.05, 4.69) is 32.7 Å². The topological polar surface area (TPSA) is 131 Å². The number of aryl methyl sites for hydroxylation is 2. The fourth-order valence-corrected chi connectivity index (χ4v) is 5.17. The molecule has 2 aromatic heterocycles. The van der Waals surface area contributed by atoms with Crippen molar-refractivity contribution in [3.8, 4) is 0 Å². The van der Waals surface area contributed by atoms with Gasteiger partial charge in [0, 0.05) is 38.2 Å². The SMILES string of the molecule is Cc1ccc(Nc2nccc(N(C)c3ccc4c(c3)nc(NCCc3ccccc3)n4C)n2)cc1S(N)(=O)=O. The van der Waals surface area contributed by atoms with Crippen molar-refractivity contribution in [2.45, 2.75) is 18.2 Å². The Kier molecular flexibility index (Phi) is 7.18. The zero-order valence-electron chi connectivity index (χ0n) is 22.0. The van der Waals surface area contributed by atoms with Crippen molar-refractivity contribution in [1.82, 2.24) is 19.5 Å². The number of fused-ring (bicyclic) bond motifs is 1. The number of rotatable bonds is 9. The minimum absolute atomic E-state index is 0.0540. The normalized spacial score (nSPS) is 11.5. The maximum absolute atomic E-state index is 11.9. The summed E-state index contributed by atoms with van der Waals surface area (Å²) in [7, 11) is 0.0705. The van der Waals surface area contributed by atoms with Gasteiger partial charge in [0.15, 0.2) is 0 Å². The minimum Gasteiger partial charge on any atom is -0.355 e. The molecule has 0 aliphatic heterocycles. The maximum Gasteiger partial charge on any atom is 0.238 e. The second kappa shape index (κ2) is 10.7. The largest absolute Gasteiger partial charge is 0.355 e. The van der Waals surface area contributed by atoms with E-state index in [0.717, 1.165) is 35.6 Å². The molecule has 0 fully saturated rings. The highest BCUT2D eigenvalue weighted by atomic mass is 32.2. The van der Waals surface area contributed by atoms with Gasteiger partial charge < -0.3 is 20.1 Å². The van der Waals surface area contributed by atoms with Crippen molar-refractivity contribution in [1.29, 1.82) is 0 Å². The highest BCUT2D eigenvalue weighted by Gasteiger charge is 2.14. The molecule has 2 heterocycles. The smallest absolute Gasteiger partial charge is 0.238 e. The molecule has 0 bridgehead atoms. The molecule has 0 radical (unpaired) electrons. The Morgan fingerprint density at radius 1 is 1.00 bits per heavy atom. The van der Waals surface area contributed by atoms with Gasteiger partial charge in [-0.1, -0.05) is 36.4 Å². The molecule has 3 aromatic carbocycles. The molecule has 200 valence electrons. The number of anilines is 5. The molecule has 10 nitrogen and oxygen atoms in total. The summed E-state index contributed by atoms with van der Waals surface area (Å²) in [6, 6.07) is 23.2. The number of nitrogens with two attached hydrogens (primary N) is 1. The molecule has 0 unspecified atom stereocenters. The first-order valence-corrected chi connectivity index (χ1v) is 14.0. The zero-order chi connectivity index (χ0) is 27.6. The summed E-state index contributed by atoms with van der Waals surface area (Å²) in [6.07, 6.45) is 2.55. The summed E-state index contributed by atoms with van der Waals surface area (Å²) in [5, 5.41) is 11.9. The van der Waals surface area contributed by atoms with Crippen LogP contribution in [-0.4, -0.2) is 41.5 Å². The summed E-state index contributed by atoms with van der Waals surface area (Å²) in [5.74, 6) is 1.79. The van der Waals surface area contributed by atoms with Crippen molar-refractivity contribution < 1.29 is 8.42 Å². The molecule has 0 saturated carbocycles. The number of aromatic nitrogens is 4. The number of sulfonamides is 1. The van der Waals surface area contributed by atoms with E-state index in [-0.39, 0.29) is 4.90 Å². The second-order valence-corrected chi connectivity index (χ2v) is 10.8. The van der Waals surface area contributed by atoms with Crippen LogP contribution in [0.4, 0.5) is 29.1 Å². The van der Waals surface area contributed by atoms with Crippen LogP contribution in [0.2, 0.25) is 0 Å². The number of hydrogen-bond donors (Lipinski definition) is 3. The monoisotopic (exact) mass is 542 g/mol. The van der Waals surface area contributed by atoms with Gasteiger partial charge in [0.2, 0.25) is 21.9 Å². The number of imidazole rings is 1. The van der Waals surface area contributed by atoms with Crippen LogP contribution in [0.15, 0.2) is 83.9 Å². The van der Waals surface area contributed by atoms with E-state index in [1.807, 2.05) is 60.0 Å². The van der Waals surface area contributed by atoms with Crippen LogP contribution < -0.4 is 20.7 Å². The van der Waals surface area contributed by atoms with Gasteiger partial charge in [-0.3, -0.25) is 0 Å². The van der Waals surface area contributed by atoms with Gasteiger partial charge in [-0.15, -0.1) is 0 Å². The third-order valence-electron chi connectivity index (χ3n) is 6.53. The van der Waals surface area contributed by atoms with Crippen LogP contribution in [0.1, 0.15) is 11.1 Å². The fourth-order valence-electron chi connectivity index (χ4n) is 4.36.